The maximum atomic E-state index is 12.9. The van der Waals surface area contributed by atoms with Gasteiger partial charge < -0.3 is 14.2 Å². The highest BCUT2D eigenvalue weighted by atomic mass is 32.2. The van der Waals surface area contributed by atoms with Crippen molar-refractivity contribution in [1.82, 2.24) is 4.31 Å². The van der Waals surface area contributed by atoms with Gasteiger partial charge in [-0.2, -0.15) is 4.31 Å². The fourth-order valence-electron chi connectivity index (χ4n) is 2.91. The summed E-state index contributed by atoms with van der Waals surface area (Å²) in [5.41, 5.74) is 0.377. The molecule has 2 rings (SSSR count). The van der Waals surface area contributed by atoms with E-state index >= 15 is 0 Å². The summed E-state index contributed by atoms with van der Waals surface area (Å²) >= 11 is 0. The molecule has 0 bridgehead atoms. The van der Waals surface area contributed by atoms with Gasteiger partial charge in [-0.25, -0.2) is 13.2 Å². The number of carbonyl (C=O) groups is 2. The van der Waals surface area contributed by atoms with E-state index in [1.165, 1.54) is 29.6 Å². The molecule has 0 aliphatic rings. The van der Waals surface area contributed by atoms with E-state index in [2.05, 4.69) is 0 Å². The molecule has 0 amide bonds. The topological polar surface area (TPSA) is 99.2 Å². The first-order chi connectivity index (χ1) is 14.8. The van der Waals surface area contributed by atoms with Crippen LogP contribution in [0.4, 0.5) is 0 Å². The Morgan fingerprint density at radius 2 is 1.55 bits per heavy atom. The minimum absolute atomic E-state index is 0.00558. The molecule has 0 aliphatic heterocycles. The van der Waals surface area contributed by atoms with Crippen LogP contribution >= 0.6 is 0 Å². The Hall–Kier alpha value is -2.91. The molecule has 0 atom stereocenters. The lowest BCUT2D eigenvalue weighted by Gasteiger charge is -2.20. The van der Waals surface area contributed by atoms with E-state index in [-0.39, 0.29) is 35.1 Å². The molecule has 0 aromatic heterocycles. The van der Waals surface area contributed by atoms with E-state index in [1.54, 1.807) is 38.1 Å². The van der Waals surface area contributed by atoms with E-state index in [1.807, 2.05) is 6.92 Å². The van der Waals surface area contributed by atoms with E-state index in [4.69, 9.17) is 14.2 Å². The summed E-state index contributed by atoms with van der Waals surface area (Å²) in [6.07, 6.45) is 0. The lowest BCUT2D eigenvalue weighted by molar-refractivity contribution is 0.0474. The number of sulfonamides is 1. The van der Waals surface area contributed by atoms with Crippen molar-refractivity contribution in [2.24, 2.45) is 0 Å². The van der Waals surface area contributed by atoms with Crippen molar-refractivity contribution in [1.29, 1.82) is 0 Å². The van der Waals surface area contributed by atoms with Gasteiger partial charge in [0.15, 0.2) is 12.4 Å². The van der Waals surface area contributed by atoms with Gasteiger partial charge in [0, 0.05) is 18.7 Å². The first kappa shape index (κ1) is 24.4. The summed E-state index contributed by atoms with van der Waals surface area (Å²) in [5, 5.41) is 0. The lowest BCUT2D eigenvalue weighted by Crippen LogP contribution is -2.31. The van der Waals surface area contributed by atoms with Crippen LogP contribution in [0.3, 0.4) is 0 Å². The molecular weight excluding hydrogens is 422 g/mol. The Bertz CT molecular complexity index is 1010. The Kier molecular flexibility index (Phi) is 8.58. The van der Waals surface area contributed by atoms with Crippen LogP contribution in [0.25, 0.3) is 0 Å². The Morgan fingerprint density at radius 3 is 2.10 bits per heavy atom. The number of hydrogen-bond donors (Lipinski definition) is 0. The second-order valence-corrected chi connectivity index (χ2v) is 8.32. The monoisotopic (exact) mass is 449 g/mol. The van der Waals surface area contributed by atoms with Crippen LogP contribution in [0.1, 0.15) is 41.5 Å². The Morgan fingerprint density at radius 1 is 0.935 bits per heavy atom. The van der Waals surface area contributed by atoms with E-state index < -0.39 is 22.6 Å². The predicted octanol–water partition coefficient (Wildman–Crippen LogP) is 3.16. The molecule has 0 aliphatic carbocycles. The number of nitrogens with zero attached hydrogens (tertiary/aromatic N) is 1. The highest BCUT2D eigenvalue weighted by Crippen LogP contribution is 2.28. The van der Waals surface area contributed by atoms with Gasteiger partial charge in [-0.15, -0.1) is 0 Å². The van der Waals surface area contributed by atoms with Gasteiger partial charge in [0.2, 0.25) is 10.0 Å². The molecule has 0 unspecified atom stereocenters. The molecule has 0 spiro atoms. The molecule has 2 aromatic carbocycles. The van der Waals surface area contributed by atoms with Crippen molar-refractivity contribution in [3.8, 4) is 11.5 Å². The van der Waals surface area contributed by atoms with Crippen molar-refractivity contribution in [3.05, 3.63) is 53.6 Å². The lowest BCUT2D eigenvalue weighted by atomic mass is 10.1. The first-order valence-electron chi connectivity index (χ1n) is 9.89. The molecule has 9 heteroatoms. The number of Topliss-reactive ketones (excluding diaryl/α,β-unsaturated/α-hetero) is 1. The van der Waals surface area contributed by atoms with E-state index in [9.17, 15) is 18.0 Å². The summed E-state index contributed by atoms with van der Waals surface area (Å²) in [6.45, 7) is 5.88. The maximum Gasteiger partial charge on any atom is 0.338 e. The standard InChI is InChI=1S/C22H27NO7S/c1-5-23(6-2)31(26,27)21-14-17(10-13-20(21)28-4)22(25)30-15-19(24)16-8-11-18(12-9-16)29-7-3/h8-14H,5-7,15H2,1-4H3. The van der Waals surface area contributed by atoms with E-state index in [0.29, 0.717) is 17.9 Å². The predicted molar refractivity (Wildman–Crippen MR) is 115 cm³/mol. The Labute approximate surface area is 182 Å². The molecule has 2 aromatic rings. The van der Waals surface area contributed by atoms with Crippen LogP contribution in [0.15, 0.2) is 47.4 Å². The third-order valence-corrected chi connectivity index (χ3v) is 6.62. The van der Waals surface area contributed by atoms with Crippen molar-refractivity contribution in [2.45, 2.75) is 25.7 Å². The summed E-state index contributed by atoms with van der Waals surface area (Å²) in [4.78, 5) is 24.6. The van der Waals surface area contributed by atoms with E-state index in [0.717, 1.165) is 0 Å². The van der Waals surface area contributed by atoms with Gasteiger partial charge in [-0.3, -0.25) is 4.79 Å². The van der Waals surface area contributed by atoms with Crippen molar-refractivity contribution >= 4 is 21.8 Å². The average molecular weight is 450 g/mol. The fourth-order valence-corrected chi connectivity index (χ4v) is 4.55. The number of esters is 1. The number of carbonyl (C=O) groups excluding carboxylic acids is 2. The summed E-state index contributed by atoms with van der Waals surface area (Å²) in [6, 6.07) is 10.5. The fraction of sp³-hybridized carbons (Fsp3) is 0.364. The molecule has 31 heavy (non-hydrogen) atoms. The number of rotatable bonds is 11. The largest absolute Gasteiger partial charge is 0.495 e. The molecule has 168 valence electrons. The smallest absolute Gasteiger partial charge is 0.338 e. The number of ketones is 1. The zero-order valence-corrected chi connectivity index (χ0v) is 18.9. The minimum Gasteiger partial charge on any atom is -0.495 e. The molecule has 0 heterocycles. The van der Waals surface area contributed by atoms with Gasteiger partial charge in [-0.1, -0.05) is 13.8 Å². The van der Waals surface area contributed by atoms with Gasteiger partial charge in [-0.05, 0) is 49.4 Å². The third-order valence-electron chi connectivity index (χ3n) is 4.54. The van der Waals surface area contributed by atoms with Crippen LogP contribution in [0.2, 0.25) is 0 Å². The zero-order chi connectivity index (χ0) is 23.0. The Balaban J connectivity index is 2.17. The third kappa shape index (κ3) is 5.83. The number of hydrogen-bond acceptors (Lipinski definition) is 7. The van der Waals surface area contributed by atoms with Crippen molar-refractivity contribution in [3.63, 3.8) is 0 Å². The molecule has 0 saturated carbocycles. The summed E-state index contributed by atoms with van der Waals surface area (Å²) in [5.74, 6) is -0.441. The minimum atomic E-state index is -3.86. The van der Waals surface area contributed by atoms with Crippen LogP contribution in [0.5, 0.6) is 11.5 Å². The van der Waals surface area contributed by atoms with Gasteiger partial charge in [0.05, 0.1) is 19.3 Å². The van der Waals surface area contributed by atoms with Crippen molar-refractivity contribution < 1.29 is 32.2 Å². The normalized spacial score (nSPS) is 11.3. The van der Waals surface area contributed by atoms with Crippen LogP contribution < -0.4 is 9.47 Å². The number of ether oxygens (including phenoxy) is 3. The molecule has 0 fully saturated rings. The average Bonchev–Trinajstić information content (AvgIpc) is 2.78. The molecule has 0 N–H and O–H groups in total. The van der Waals surface area contributed by atoms with Gasteiger partial charge in [0.25, 0.3) is 0 Å². The second-order valence-electron chi connectivity index (χ2n) is 6.41. The summed E-state index contributed by atoms with van der Waals surface area (Å²) in [7, 11) is -2.51. The number of methoxy groups -OCH3 is 1. The first-order valence-corrected chi connectivity index (χ1v) is 11.3. The van der Waals surface area contributed by atoms with Crippen LogP contribution in [0, 0.1) is 0 Å². The summed E-state index contributed by atoms with van der Waals surface area (Å²) < 4.78 is 42.7. The SMILES string of the molecule is CCOc1ccc(C(=O)COC(=O)c2ccc(OC)c(S(=O)(=O)N(CC)CC)c2)cc1. The highest BCUT2D eigenvalue weighted by Gasteiger charge is 2.27. The van der Waals surface area contributed by atoms with Gasteiger partial charge in [0.1, 0.15) is 16.4 Å². The maximum absolute atomic E-state index is 12.9. The molecule has 0 radical (unpaired) electrons. The van der Waals surface area contributed by atoms with Crippen LogP contribution in [-0.2, 0) is 14.8 Å². The zero-order valence-electron chi connectivity index (χ0n) is 18.1. The molecule has 8 nitrogen and oxygen atoms in total. The molecule has 0 saturated heterocycles. The molecular formula is C22H27NO7S. The van der Waals surface area contributed by atoms with Crippen LogP contribution in [-0.4, -0.2) is 57.9 Å². The van der Waals surface area contributed by atoms with Gasteiger partial charge >= 0.3 is 5.97 Å². The highest BCUT2D eigenvalue weighted by molar-refractivity contribution is 7.89. The number of benzene rings is 2. The quantitative estimate of drug-likeness (QED) is 0.384. The van der Waals surface area contributed by atoms with Crippen molar-refractivity contribution in [2.75, 3.05) is 33.4 Å². The second kappa shape index (κ2) is 10.9.